The van der Waals surface area contributed by atoms with Crippen LogP contribution in [0, 0.1) is 0 Å². The third kappa shape index (κ3) is 2.50. The van der Waals surface area contributed by atoms with Gasteiger partial charge < -0.3 is 5.32 Å². The van der Waals surface area contributed by atoms with Crippen molar-refractivity contribution in [3.8, 4) is 0 Å². The maximum atomic E-state index is 11.6. The van der Waals surface area contributed by atoms with Gasteiger partial charge in [0.25, 0.3) is 5.56 Å². The summed E-state index contributed by atoms with van der Waals surface area (Å²) in [6.45, 7) is 1.96. The highest BCUT2D eigenvalue weighted by Crippen LogP contribution is 2.22. The molecule has 0 spiro atoms. The van der Waals surface area contributed by atoms with Gasteiger partial charge in [0.05, 0.1) is 16.8 Å². The van der Waals surface area contributed by atoms with Crippen LogP contribution in [0.5, 0.6) is 0 Å². The Labute approximate surface area is 123 Å². The van der Waals surface area contributed by atoms with Crippen LogP contribution in [0.15, 0.2) is 35.4 Å². The molecule has 0 unspecified atom stereocenters. The first kappa shape index (κ1) is 13.0. The predicted octanol–water partition coefficient (Wildman–Crippen LogP) is 2.37. The SMILES string of the molecule is C[C@H](Nc1nn2c(=O)ccnc2s1)c1ccc(Cl)cn1. The molecule has 0 aliphatic rings. The van der Waals surface area contributed by atoms with Gasteiger partial charge in [-0.3, -0.25) is 9.78 Å². The molecule has 0 saturated carbocycles. The smallest absolute Gasteiger partial charge is 0.275 e. The van der Waals surface area contributed by atoms with Crippen LogP contribution in [0.4, 0.5) is 5.13 Å². The van der Waals surface area contributed by atoms with Crippen LogP contribution >= 0.6 is 22.9 Å². The third-order valence-corrected chi connectivity index (χ3v) is 3.78. The van der Waals surface area contributed by atoms with E-state index < -0.39 is 0 Å². The zero-order valence-corrected chi connectivity index (χ0v) is 12.0. The molecule has 3 rings (SSSR count). The van der Waals surface area contributed by atoms with Gasteiger partial charge in [-0.2, -0.15) is 4.52 Å². The zero-order valence-electron chi connectivity index (χ0n) is 10.4. The average Bonchev–Trinajstić information content (AvgIpc) is 2.83. The molecule has 8 heteroatoms. The van der Waals surface area contributed by atoms with Gasteiger partial charge in [-0.15, -0.1) is 5.10 Å². The van der Waals surface area contributed by atoms with Crippen LogP contribution < -0.4 is 10.9 Å². The van der Waals surface area contributed by atoms with Crippen molar-refractivity contribution in [2.75, 3.05) is 5.32 Å². The van der Waals surface area contributed by atoms with Crippen LogP contribution in [-0.4, -0.2) is 19.6 Å². The molecule has 0 aliphatic heterocycles. The number of nitrogens with zero attached hydrogens (tertiary/aromatic N) is 4. The number of fused-ring (bicyclic) bond motifs is 1. The molecule has 1 N–H and O–H groups in total. The standard InChI is InChI=1S/C12H10ClN5OS/c1-7(9-3-2-8(13)6-15-9)16-11-17-18-10(19)4-5-14-12(18)20-11/h2-7H,1H3,(H,16,17)/t7-/m0/s1. The van der Waals surface area contributed by atoms with Gasteiger partial charge in [0.1, 0.15) is 0 Å². The van der Waals surface area contributed by atoms with Crippen LogP contribution in [0.2, 0.25) is 5.02 Å². The molecule has 102 valence electrons. The Kier molecular flexibility index (Phi) is 3.37. The minimum Gasteiger partial charge on any atom is -0.352 e. The number of rotatable bonds is 3. The Hall–Kier alpha value is -1.99. The van der Waals surface area contributed by atoms with Crippen molar-refractivity contribution in [2.45, 2.75) is 13.0 Å². The Morgan fingerprint density at radius 2 is 2.20 bits per heavy atom. The third-order valence-electron chi connectivity index (χ3n) is 2.70. The predicted molar refractivity (Wildman–Crippen MR) is 78.4 cm³/mol. The zero-order chi connectivity index (χ0) is 14.1. The van der Waals surface area contributed by atoms with Crippen LogP contribution in [0.25, 0.3) is 4.96 Å². The number of hydrogen-bond acceptors (Lipinski definition) is 6. The maximum Gasteiger partial charge on any atom is 0.275 e. The van der Waals surface area contributed by atoms with E-state index in [0.717, 1.165) is 5.69 Å². The lowest BCUT2D eigenvalue weighted by atomic mass is 10.2. The summed E-state index contributed by atoms with van der Waals surface area (Å²) in [6, 6.07) is 4.95. The molecule has 3 heterocycles. The summed E-state index contributed by atoms with van der Waals surface area (Å²) in [7, 11) is 0. The van der Waals surface area contributed by atoms with Gasteiger partial charge in [0, 0.05) is 18.5 Å². The summed E-state index contributed by atoms with van der Waals surface area (Å²) in [5.74, 6) is 0. The fourth-order valence-corrected chi connectivity index (χ4v) is 2.68. The number of aromatic nitrogens is 4. The van der Waals surface area contributed by atoms with E-state index in [1.54, 1.807) is 12.3 Å². The van der Waals surface area contributed by atoms with Crippen LogP contribution in [0.1, 0.15) is 18.7 Å². The van der Waals surface area contributed by atoms with Gasteiger partial charge in [-0.25, -0.2) is 4.98 Å². The molecule has 6 nitrogen and oxygen atoms in total. The fraction of sp³-hybridized carbons (Fsp3) is 0.167. The second kappa shape index (κ2) is 5.18. The Morgan fingerprint density at radius 3 is 2.90 bits per heavy atom. The monoisotopic (exact) mass is 307 g/mol. The van der Waals surface area contributed by atoms with E-state index in [4.69, 9.17) is 11.6 Å². The molecule has 0 saturated heterocycles. The Morgan fingerprint density at radius 1 is 1.35 bits per heavy atom. The summed E-state index contributed by atoms with van der Waals surface area (Å²) in [6.07, 6.45) is 3.07. The minimum absolute atomic E-state index is 0.0523. The molecule has 0 bridgehead atoms. The summed E-state index contributed by atoms with van der Waals surface area (Å²) in [4.78, 5) is 20.5. The molecule has 0 amide bonds. The van der Waals surface area contributed by atoms with E-state index >= 15 is 0 Å². The van der Waals surface area contributed by atoms with Crippen molar-refractivity contribution < 1.29 is 0 Å². The number of anilines is 1. The average molecular weight is 308 g/mol. The van der Waals surface area contributed by atoms with Gasteiger partial charge in [-0.1, -0.05) is 22.9 Å². The largest absolute Gasteiger partial charge is 0.352 e. The van der Waals surface area contributed by atoms with Crippen LogP contribution in [-0.2, 0) is 0 Å². The van der Waals surface area contributed by atoms with Crippen LogP contribution in [0.3, 0.4) is 0 Å². The highest BCUT2D eigenvalue weighted by molar-refractivity contribution is 7.20. The highest BCUT2D eigenvalue weighted by atomic mass is 35.5. The molecular formula is C12H10ClN5OS. The molecule has 3 aromatic rings. The van der Waals surface area contributed by atoms with Crippen molar-refractivity contribution in [3.63, 3.8) is 0 Å². The van der Waals surface area contributed by atoms with E-state index in [2.05, 4.69) is 20.4 Å². The number of pyridine rings is 1. The normalized spacial score (nSPS) is 12.5. The van der Waals surface area contributed by atoms with Crippen molar-refractivity contribution in [2.24, 2.45) is 0 Å². The molecule has 0 fully saturated rings. The Bertz CT molecular complexity index is 797. The highest BCUT2D eigenvalue weighted by Gasteiger charge is 2.11. The summed E-state index contributed by atoms with van der Waals surface area (Å²) < 4.78 is 1.27. The lowest BCUT2D eigenvalue weighted by Gasteiger charge is -2.11. The number of halogens is 1. The van der Waals surface area contributed by atoms with Gasteiger partial charge >= 0.3 is 0 Å². The molecule has 20 heavy (non-hydrogen) atoms. The molecule has 1 atom stereocenters. The van der Waals surface area contributed by atoms with Crippen molar-refractivity contribution >= 4 is 33.0 Å². The fourth-order valence-electron chi connectivity index (χ4n) is 1.70. The molecule has 0 radical (unpaired) electrons. The van der Waals surface area contributed by atoms with E-state index in [9.17, 15) is 4.79 Å². The minimum atomic E-state index is -0.198. The number of nitrogens with one attached hydrogen (secondary N) is 1. The second-order valence-electron chi connectivity index (χ2n) is 4.15. The van der Waals surface area contributed by atoms with E-state index in [1.807, 2.05) is 13.0 Å². The van der Waals surface area contributed by atoms with Crippen molar-refractivity contribution in [1.82, 2.24) is 19.6 Å². The van der Waals surface area contributed by atoms with Gasteiger partial charge in [0.2, 0.25) is 10.1 Å². The first-order valence-corrected chi connectivity index (χ1v) is 7.06. The van der Waals surface area contributed by atoms with Gasteiger partial charge in [0.15, 0.2) is 0 Å². The lowest BCUT2D eigenvalue weighted by Crippen LogP contribution is -2.13. The van der Waals surface area contributed by atoms with E-state index in [-0.39, 0.29) is 11.6 Å². The van der Waals surface area contributed by atoms with Crippen molar-refractivity contribution in [1.29, 1.82) is 0 Å². The summed E-state index contributed by atoms with van der Waals surface area (Å²) in [5.41, 5.74) is 0.644. The molecular weight excluding hydrogens is 298 g/mol. The summed E-state index contributed by atoms with van der Waals surface area (Å²) in [5, 5.41) is 8.60. The van der Waals surface area contributed by atoms with E-state index in [0.29, 0.717) is 15.1 Å². The second-order valence-corrected chi connectivity index (χ2v) is 5.54. The summed E-state index contributed by atoms with van der Waals surface area (Å²) >= 11 is 7.12. The molecule has 3 aromatic heterocycles. The quantitative estimate of drug-likeness (QED) is 0.804. The Balaban J connectivity index is 1.87. The maximum absolute atomic E-state index is 11.6. The molecule has 0 aliphatic carbocycles. The van der Waals surface area contributed by atoms with Gasteiger partial charge in [-0.05, 0) is 19.1 Å². The number of hydrogen-bond donors (Lipinski definition) is 1. The lowest BCUT2D eigenvalue weighted by molar-refractivity contribution is 0.819. The first-order valence-electron chi connectivity index (χ1n) is 5.86. The first-order chi connectivity index (χ1) is 9.63. The van der Waals surface area contributed by atoms with E-state index in [1.165, 1.54) is 28.1 Å². The van der Waals surface area contributed by atoms with Crippen molar-refractivity contribution in [3.05, 3.63) is 51.7 Å². The topological polar surface area (TPSA) is 72.2 Å². The molecule has 0 aromatic carbocycles.